The van der Waals surface area contributed by atoms with Crippen LogP contribution in [-0.4, -0.2) is 19.1 Å². The molecule has 94 valence electrons. The Morgan fingerprint density at radius 1 is 1.47 bits per heavy atom. The van der Waals surface area contributed by atoms with Gasteiger partial charge in [-0.05, 0) is 18.1 Å². The van der Waals surface area contributed by atoms with Crippen molar-refractivity contribution in [1.82, 2.24) is 0 Å². The van der Waals surface area contributed by atoms with Gasteiger partial charge in [-0.2, -0.15) is 0 Å². The summed E-state index contributed by atoms with van der Waals surface area (Å²) in [5, 5.41) is 3.74. The number of halogens is 1. The summed E-state index contributed by atoms with van der Waals surface area (Å²) in [5.41, 5.74) is 0.755. The molecule has 1 rings (SSSR count). The Morgan fingerprint density at radius 3 is 2.65 bits per heavy atom. The van der Waals surface area contributed by atoms with E-state index < -0.39 is 0 Å². The topological polar surface area (TPSA) is 38.3 Å². The summed E-state index contributed by atoms with van der Waals surface area (Å²) in [6.45, 7) is 4.04. The van der Waals surface area contributed by atoms with Crippen molar-refractivity contribution in [1.29, 1.82) is 0 Å². The van der Waals surface area contributed by atoms with Gasteiger partial charge >= 0.3 is 5.97 Å². The molecule has 17 heavy (non-hydrogen) atoms. The van der Waals surface area contributed by atoms with Crippen molar-refractivity contribution >= 4 is 23.3 Å². The molecule has 0 saturated heterocycles. The highest BCUT2D eigenvalue weighted by molar-refractivity contribution is 6.33. The van der Waals surface area contributed by atoms with Gasteiger partial charge in [0.2, 0.25) is 0 Å². The fourth-order valence-electron chi connectivity index (χ4n) is 1.54. The fraction of sp³-hybridized carbons (Fsp3) is 0.462. The van der Waals surface area contributed by atoms with Gasteiger partial charge in [0.1, 0.15) is 6.04 Å². The Hall–Kier alpha value is -1.22. The van der Waals surface area contributed by atoms with E-state index in [-0.39, 0.29) is 17.9 Å². The molecule has 0 aliphatic carbocycles. The number of ether oxygens (including phenoxy) is 1. The van der Waals surface area contributed by atoms with Gasteiger partial charge in [-0.25, -0.2) is 4.79 Å². The summed E-state index contributed by atoms with van der Waals surface area (Å²) in [5.74, 6) is -0.0852. The van der Waals surface area contributed by atoms with Crippen LogP contribution in [0.25, 0.3) is 0 Å². The van der Waals surface area contributed by atoms with E-state index in [1.54, 1.807) is 6.07 Å². The second-order valence-corrected chi connectivity index (χ2v) is 4.42. The van der Waals surface area contributed by atoms with Crippen molar-refractivity contribution in [3.05, 3.63) is 29.3 Å². The van der Waals surface area contributed by atoms with E-state index in [0.29, 0.717) is 5.02 Å². The zero-order valence-electron chi connectivity index (χ0n) is 10.4. The first kappa shape index (κ1) is 13.8. The van der Waals surface area contributed by atoms with E-state index in [4.69, 9.17) is 16.3 Å². The van der Waals surface area contributed by atoms with Crippen molar-refractivity contribution in [2.75, 3.05) is 12.4 Å². The van der Waals surface area contributed by atoms with Crippen molar-refractivity contribution in [3.63, 3.8) is 0 Å². The molecule has 1 aromatic carbocycles. The molecule has 0 heterocycles. The smallest absolute Gasteiger partial charge is 0.328 e. The molecule has 0 aliphatic heterocycles. The molecular weight excluding hydrogens is 238 g/mol. The predicted octanol–water partition coefficient (Wildman–Crippen LogP) is 3.34. The van der Waals surface area contributed by atoms with Crippen LogP contribution < -0.4 is 5.32 Å². The zero-order chi connectivity index (χ0) is 12.8. The molecule has 4 heteroatoms. The fourth-order valence-corrected chi connectivity index (χ4v) is 1.73. The average Bonchev–Trinajstić information content (AvgIpc) is 2.36. The van der Waals surface area contributed by atoms with Gasteiger partial charge in [0, 0.05) is 0 Å². The van der Waals surface area contributed by atoms with Crippen LogP contribution in [0.5, 0.6) is 0 Å². The van der Waals surface area contributed by atoms with Crippen LogP contribution in [0.2, 0.25) is 5.02 Å². The highest BCUT2D eigenvalue weighted by Gasteiger charge is 2.25. The Morgan fingerprint density at radius 2 is 2.12 bits per heavy atom. The highest BCUT2D eigenvalue weighted by Crippen LogP contribution is 2.23. The Labute approximate surface area is 107 Å². The molecule has 1 N–H and O–H groups in total. The highest BCUT2D eigenvalue weighted by atomic mass is 35.5. The van der Waals surface area contributed by atoms with Gasteiger partial charge < -0.3 is 10.1 Å². The lowest BCUT2D eigenvalue weighted by Gasteiger charge is -2.23. The number of rotatable bonds is 5. The Bertz CT molecular complexity index is 381. The number of para-hydroxylation sites is 1. The first-order valence-corrected chi connectivity index (χ1v) is 6.06. The first-order valence-electron chi connectivity index (χ1n) is 5.69. The third kappa shape index (κ3) is 3.63. The molecule has 0 aromatic heterocycles. The molecule has 2 unspecified atom stereocenters. The van der Waals surface area contributed by atoms with Gasteiger partial charge in [0.25, 0.3) is 0 Å². The predicted molar refractivity (Wildman–Crippen MR) is 70.3 cm³/mol. The molecule has 0 fully saturated rings. The lowest BCUT2D eigenvalue weighted by Crippen LogP contribution is -2.36. The molecule has 2 atom stereocenters. The van der Waals surface area contributed by atoms with Gasteiger partial charge in [-0.15, -0.1) is 0 Å². The van der Waals surface area contributed by atoms with Crippen molar-refractivity contribution < 1.29 is 9.53 Å². The molecule has 0 bridgehead atoms. The first-order chi connectivity index (χ1) is 8.10. The SMILES string of the molecule is CCC(C)C(Nc1ccccc1Cl)C(=O)OC. The largest absolute Gasteiger partial charge is 0.467 e. The van der Waals surface area contributed by atoms with Crippen LogP contribution >= 0.6 is 11.6 Å². The molecule has 0 saturated carbocycles. The molecule has 3 nitrogen and oxygen atoms in total. The van der Waals surface area contributed by atoms with Gasteiger partial charge in [-0.3, -0.25) is 0 Å². The second-order valence-electron chi connectivity index (χ2n) is 4.01. The maximum atomic E-state index is 11.7. The molecule has 1 aromatic rings. The standard InChI is InChI=1S/C13H18ClNO2/c1-4-9(2)12(13(16)17-3)15-11-8-6-5-7-10(11)14/h5-9,12,15H,4H2,1-3H3. The number of nitrogens with one attached hydrogen (secondary N) is 1. The molecule has 0 spiro atoms. The molecule has 0 amide bonds. The molecular formula is C13H18ClNO2. The third-order valence-corrected chi connectivity index (χ3v) is 3.18. The summed E-state index contributed by atoms with van der Waals surface area (Å²) in [6, 6.07) is 6.99. The number of benzene rings is 1. The summed E-state index contributed by atoms with van der Waals surface area (Å²) in [7, 11) is 1.39. The minimum atomic E-state index is -0.370. The quantitative estimate of drug-likeness (QED) is 0.820. The van der Waals surface area contributed by atoms with E-state index >= 15 is 0 Å². The summed E-state index contributed by atoms with van der Waals surface area (Å²) < 4.78 is 4.80. The number of carbonyl (C=O) groups is 1. The minimum Gasteiger partial charge on any atom is -0.467 e. The normalized spacial score (nSPS) is 13.9. The van der Waals surface area contributed by atoms with Crippen LogP contribution in [-0.2, 0) is 9.53 Å². The second kappa shape index (κ2) is 6.50. The van der Waals surface area contributed by atoms with E-state index in [9.17, 15) is 4.79 Å². The Balaban J connectivity index is 2.87. The lowest BCUT2D eigenvalue weighted by molar-refractivity contribution is -0.142. The molecule has 0 aliphatic rings. The number of methoxy groups -OCH3 is 1. The zero-order valence-corrected chi connectivity index (χ0v) is 11.1. The van der Waals surface area contributed by atoms with E-state index in [1.807, 2.05) is 32.0 Å². The monoisotopic (exact) mass is 255 g/mol. The van der Waals surface area contributed by atoms with Crippen LogP contribution in [0.4, 0.5) is 5.69 Å². The van der Waals surface area contributed by atoms with Crippen LogP contribution in [0, 0.1) is 5.92 Å². The maximum Gasteiger partial charge on any atom is 0.328 e. The third-order valence-electron chi connectivity index (χ3n) is 2.85. The van der Waals surface area contributed by atoms with Crippen molar-refractivity contribution in [3.8, 4) is 0 Å². The molecule has 0 radical (unpaired) electrons. The number of hydrogen-bond donors (Lipinski definition) is 1. The van der Waals surface area contributed by atoms with Gasteiger partial charge in [-0.1, -0.05) is 44.0 Å². The summed E-state index contributed by atoms with van der Waals surface area (Å²) in [6.07, 6.45) is 0.886. The van der Waals surface area contributed by atoms with Gasteiger partial charge in [0.15, 0.2) is 0 Å². The van der Waals surface area contributed by atoms with Crippen molar-refractivity contribution in [2.45, 2.75) is 26.3 Å². The lowest BCUT2D eigenvalue weighted by atomic mass is 9.99. The number of esters is 1. The summed E-state index contributed by atoms with van der Waals surface area (Å²) in [4.78, 5) is 11.7. The number of hydrogen-bond acceptors (Lipinski definition) is 3. The van der Waals surface area contributed by atoms with Crippen LogP contribution in [0.1, 0.15) is 20.3 Å². The van der Waals surface area contributed by atoms with Crippen LogP contribution in [0.3, 0.4) is 0 Å². The number of anilines is 1. The number of carbonyl (C=O) groups excluding carboxylic acids is 1. The van der Waals surface area contributed by atoms with Gasteiger partial charge in [0.05, 0.1) is 17.8 Å². The minimum absolute atomic E-state index is 0.179. The summed E-state index contributed by atoms with van der Waals surface area (Å²) >= 11 is 6.05. The van der Waals surface area contributed by atoms with Crippen molar-refractivity contribution in [2.24, 2.45) is 5.92 Å². The Kier molecular flexibility index (Phi) is 5.29. The van der Waals surface area contributed by atoms with E-state index in [0.717, 1.165) is 12.1 Å². The average molecular weight is 256 g/mol. The van der Waals surface area contributed by atoms with E-state index in [1.165, 1.54) is 7.11 Å². The van der Waals surface area contributed by atoms with Crippen LogP contribution in [0.15, 0.2) is 24.3 Å². The maximum absolute atomic E-state index is 11.7. The van der Waals surface area contributed by atoms with E-state index in [2.05, 4.69) is 5.32 Å².